The SMILES string of the molecule is NC1=CC([C@@H](Cc2ccc[nH]2)C[C@H](CO)Oc2cc([C@@H]3C=C[C@H]4C#C[C@@H](CCO)CCCC[C@H](O)[C@@H]4[C@H](O)C3)ccc2O)=CCN1. The van der Waals surface area contributed by atoms with E-state index in [-0.39, 0.29) is 48.4 Å². The number of phenols is 1. The third-order valence-corrected chi connectivity index (χ3v) is 9.61. The highest BCUT2D eigenvalue weighted by Gasteiger charge is 2.36. The van der Waals surface area contributed by atoms with Gasteiger partial charge < -0.3 is 46.3 Å². The van der Waals surface area contributed by atoms with E-state index in [1.54, 1.807) is 12.1 Å². The summed E-state index contributed by atoms with van der Waals surface area (Å²) in [5, 5.41) is 56.4. The van der Waals surface area contributed by atoms with E-state index in [0.29, 0.717) is 44.5 Å². The molecule has 1 aromatic heterocycles. The van der Waals surface area contributed by atoms with Crippen LogP contribution >= 0.6 is 0 Å². The number of hydrogen-bond acceptors (Lipinski definition) is 8. The minimum absolute atomic E-state index is 0.0103. The number of ether oxygens (including phenoxy) is 1. The van der Waals surface area contributed by atoms with Gasteiger partial charge in [0.25, 0.3) is 0 Å². The lowest BCUT2D eigenvalue weighted by molar-refractivity contribution is -0.00709. The molecule has 248 valence electrons. The van der Waals surface area contributed by atoms with Gasteiger partial charge in [-0.05, 0) is 85.9 Å². The molecule has 0 unspecified atom stereocenters. The summed E-state index contributed by atoms with van der Waals surface area (Å²) in [7, 11) is 0. The number of benzene rings is 1. The second kappa shape index (κ2) is 16.2. The lowest BCUT2D eigenvalue weighted by atomic mass is 9.79. The maximum Gasteiger partial charge on any atom is 0.161 e. The Hall–Kier alpha value is -3.68. The maximum absolute atomic E-state index is 11.4. The van der Waals surface area contributed by atoms with Crippen molar-refractivity contribution >= 4 is 0 Å². The number of H-pyrrole nitrogens is 1. The van der Waals surface area contributed by atoms with E-state index in [1.807, 2.05) is 42.6 Å². The lowest BCUT2D eigenvalue weighted by Gasteiger charge is -2.31. The fourth-order valence-electron chi connectivity index (χ4n) is 7.07. The van der Waals surface area contributed by atoms with Gasteiger partial charge in [0.05, 0.1) is 24.6 Å². The Morgan fingerprint density at radius 1 is 1.04 bits per heavy atom. The molecule has 1 aliphatic heterocycles. The second-order valence-corrected chi connectivity index (χ2v) is 12.9. The maximum atomic E-state index is 11.4. The van der Waals surface area contributed by atoms with Crippen LogP contribution in [-0.4, -0.2) is 68.6 Å². The van der Waals surface area contributed by atoms with Crippen molar-refractivity contribution in [3.05, 3.63) is 83.5 Å². The summed E-state index contributed by atoms with van der Waals surface area (Å²) < 4.78 is 6.28. The molecule has 3 aliphatic rings. The van der Waals surface area contributed by atoms with Crippen LogP contribution in [0, 0.1) is 35.5 Å². The quantitative estimate of drug-likeness (QED) is 0.138. The summed E-state index contributed by atoms with van der Waals surface area (Å²) in [5.74, 6) is 6.68. The first-order valence-electron chi connectivity index (χ1n) is 16.6. The van der Waals surface area contributed by atoms with Crippen molar-refractivity contribution in [2.24, 2.45) is 29.4 Å². The Balaban J connectivity index is 1.35. The number of aromatic hydroxyl groups is 1. The van der Waals surface area contributed by atoms with E-state index in [4.69, 9.17) is 10.5 Å². The molecule has 2 aromatic rings. The summed E-state index contributed by atoms with van der Waals surface area (Å²) in [6.07, 6.45) is 13.4. The Morgan fingerprint density at radius 3 is 2.65 bits per heavy atom. The number of rotatable bonds is 11. The van der Waals surface area contributed by atoms with E-state index in [2.05, 4.69) is 28.2 Å². The normalized spacial score (nSPS) is 27.8. The number of hydrogen-bond donors (Lipinski definition) is 8. The second-order valence-electron chi connectivity index (χ2n) is 12.9. The van der Waals surface area contributed by atoms with Gasteiger partial charge in [0.2, 0.25) is 0 Å². The van der Waals surface area contributed by atoms with E-state index in [0.717, 1.165) is 36.1 Å². The van der Waals surface area contributed by atoms with Gasteiger partial charge in [-0.25, -0.2) is 0 Å². The predicted molar refractivity (Wildman–Crippen MR) is 177 cm³/mol. The van der Waals surface area contributed by atoms with Crippen LogP contribution < -0.4 is 15.8 Å². The molecule has 0 saturated carbocycles. The Labute approximate surface area is 271 Å². The Morgan fingerprint density at radius 2 is 1.89 bits per heavy atom. The molecule has 1 aromatic carbocycles. The zero-order valence-corrected chi connectivity index (χ0v) is 26.4. The fourth-order valence-corrected chi connectivity index (χ4v) is 7.07. The highest BCUT2D eigenvalue weighted by Crippen LogP contribution is 2.39. The first-order chi connectivity index (χ1) is 22.3. The molecule has 0 amide bonds. The van der Waals surface area contributed by atoms with Crippen molar-refractivity contribution in [2.75, 3.05) is 19.8 Å². The zero-order valence-electron chi connectivity index (χ0n) is 26.4. The molecule has 2 heterocycles. The number of aliphatic hydroxyl groups excluding tert-OH is 4. The van der Waals surface area contributed by atoms with Crippen LogP contribution in [-0.2, 0) is 6.42 Å². The van der Waals surface area contributed by atoms with Crippen molar-refractivity contribution in [2.45, 2.75) is 75.6 Å². The average molecular weight is 632 g/mol. The molecule has 0 spiro atoms. The molecule has 9 nitrogen and oxygen atoms in total. The lowest BCUT2D eigenvalue weighted by Crippen LogP contribution is -2.36. The van der Waals surface area contributed by atoms with Crippen molar-refractivity contribution in [1.82, 2.24) is 10.3 Å². The van der Waals surface area contributed by atoms with Crippen molar-refractivity contribution in [1.29, 1.82) is 0 Å². The smallest absolute Gasteiger partial charge is 0.161 e. The number of phenolic OH excluding ortho intramolecular Hbond substituents is 1. The molecule has 0 radical (unpaired) electrons. The minimum atomic E-state index is -0.791. The first-order valence-corrected chi connectivity index (χ1v) is 16.6. The molecule has 0 bridgehead atoms. The number of fused-ring (bicyclic) bond motifs is 1. The largest absolute Gasteiger partial charge is 0.504 e. The van der Waals surface area contributed by atoms with E-state index in [9.17, 15) is 25.5 Å². The molecular weight excluding hydrogens is 582 g/mol. The molecule has 46 heavy (non-hydrogen) atoms. The van der Waals surface area contributed by atoms with Crippen LogP contribution in [0.5, 0.6) is 11.5 Å². The molecule has 8 atom stereocenters. The fraction of sp³-hybridized carbons (Fsp3) is 0.514. The number of dihydropyridines is 1. The Kier molecular flexibility index (Phi) is 11.9. The van der Waals surface area contributed by atoms with Gasteiger partial charge >= 0.3 is 0 Å². The third-order valence-electron chi connectivity index (χ3n) is 9.61. The number of aromatic nitrogens is 1. The number of nitrogens with two attached hydrogens (primary N) is 1. The molecule has 0 fully saturated rings. The van der Waals surface area contributed by atoms with Crippen molar-refractivity contribution < 1.29 is 30.3 Å². The number of nitrogens with one attached hydrogen (secondary N) is 2. The minimum Gasteiger partial charge on any atom is -0.504 e. The molecule has 9 heteroatoms. The summed E-state index contributed by atoms with van der Waals surface area (Å²) in [4.78, 5) is 3.26. The van der Waals surface area contributed by atoms with Gasteiger partial charge in [0.15, 0.2) is 11.5 Å². The topological polar surface area (TPSA) is 164 Å². The van der Waals surface area contributed by atoms with Crippen LogP contribution in [0.3, 0.4) is 0 Å². The van der Waals surface area contributed by atoms with Crippen molar-refractivity contribution in [3.8, 4) is 23.3 Å². The molecule has 5 rings (SSSR count). The first kappa shape index (κ1) is 33.7. The van der Waals surface area contributed by atoms with Gasteiger partial charge in [0, 0.05) is 48.7 Å². The van der Waals surface area contributed by atoms with Crippen LogP contribution in [0.2, 0.25) is 0 Å². The zero-order chi connectivity index (χ0) is 32.5. The molecule has 9 N–H and O–H groups in total. The predicted octanol–water partition coefficient (Wildman–Crippen LogP) is 3.61. The van der Waals surface area contributed by atoms with Crippen LogP contribution in [0.4, 0.5) is 0 Å². The van der Waals surface area contributed by atoms with Crippen LogP contribution in [0.15, 0.2) is 72.2 Å². The average Bonchev–Trinajstić information content (AvgIpc) is 3.50. The summed E-state index contributed by atoms with van der Waals surface area (Å²) in [6, 6.07) is 9.18. The molecular formula is C37H49N3O6. The summed E-state index contributed by atoms with van der Waals surface area (Å²) >= 11 is 0. The standard InChI is InChI=1S/C37H49N3O6/c38-36-22-28(13-16-40-36)29(18-30-5-3-15-39-30)19-31(23-42)46-35-21-27(11-12-32(35)43)26-10-9-25-8-7-24(14-17-41)4-1-2-6-33(44)37(25)34(45)20-26/h3,5,9-13,15,21-22,24-26,29,31,33-34,37,39-45H,1-2,4,6,14,16-20,23,38H2/t24-,25+,26+,29-,31+,33-,34+,37+/m0/s1. The van der Waals surface area contributed by atoms with E-state index in [1.165, 1.54) is 0 Å². The number of aromatic amines is 1. The molecule has 2 aliphatic carbocycles. The monoisotopic (exact) mass is 631 g/mol. The summed E-state index contributed by atoms with van der Waals surface area (Å²) in [5.41, 5.74) is 9.06. The van der Waals surface area contributed by atoms with Crippen LogP contribution in [0.25, 0.3) is 0 Å². The van der Waals surface area contributed by atoms with E-state index >= 15 is 0 Å². The van der Waals surface area contributed by atoms with Gasteiger partial charge in [-0.15, -0.1) is 0 Å². The van der Waals surface area contributed by atoms with Gasteiger partial charge in [-0.2, -0.15) is 0 Å². The van der Waals surface area contributed by atoms with Gasteiger partial charge in [-0.3, -0.25) is 0 Å². The number of aliphatic hydroxyl groups is 4. The summed E-state index contributed by atoms with van der Waals surface area (Å²) in [6.45, 7) is 0.475. The Bertz CT molecular complexity index is 1420. The third kappa shape index (κ3) is 8.77. The van der Waals surface area contributed by atoms with E-state index < -0.39 is 24.2 Å². The highest BCUT2D eigenvalue weighted by atomic mass is 16.5. The van der Waals surface area contributed by atoms with Crippen LogP contribution in [0.1, 0.15) is 62.1 Å². The molecule has 0 saturated heterocycles. The number of allylic oxidation sites excluding steroid dienone is 4. The van der Waals surface area contributed by atoms with Gasteiger partial charge in [0.1, 0.15) is 6.10 Å². The van der Waals surface area contributed by atoms with Gasteiger partial charge in [-0.1, -0.05) is 49.0 Å². The van der Waals surface area contributed by atoms with Crippen molar-refractivity contribution in [3.63, 3.8) is 0 Å². The highest BCUT2D eigenvalue weighted by molar-refractivity contribution is 5.44.